The number of nitrogens with one attached hydrogen (secondary N) is 1. The zero-order valence-corrected chi connectivity index (χ0v) is 16.7. The van der Waals surface area contributed by atoms with Gasteiger partial charge in [-0.15, -0.1) is 0 Å². The van der Waals surface area contributed by atoms with E-state index in [1.807, 2.05) is 6.92 Å². The number of aromatic hydroxyl groups is 1. The minimum Gasteiger partial charge on any atom is -0.507 e. The van der Waals surface area contributed by atoms with Crippen molar-refractivity contribution >= 4 is 33.2 Å². The van der Waals surface area contributed by atoms with Crippen LogP contribution in [0.4, 0.5) is 17.2 Å². The summed E-state index contributed by atoms with van der Waals surface area (Å²) in [5.41, 5.74) is 1.08. The van der Waals surface area contributed by atoms with Crippen LogP contribution in [0.5, 0.6) is 5.75 Å². The summed E-state index contributed by atoms with van der Waals surface area (Å²) in [5.74, 6) is -1.38. The fourth-order valence-corrected chi connectivity index (χ4v) is 3.62. The lowest BCUT2D eigenvalue weighted by Crippen LogP contribution is -2.15. The maximum absolute atomic E-state index is 12.6. The van der Waals surface area contributed by atoms with Crippen molar-refractivity contribution in [3.05, 3.63) is 71.9 Å². The molecule has 0 bridgehead atoms. The quantitative estimate of drug-likeness (QED) is 0.482. The molecule has 0 aliphatic rings. The van der Waals surface area contributed by atoms with Crippen molar-refractivity contribution in [2.24, 2.45) is 10.2 Å². The van der Waals surface area contributed by atoms with Crippen LogP contribution in [-0.4, -0.2) is 29.6 Å². The third-order valence-electron chi connectivity index (χ3n) is 4.14. The monoisotopic (exact) mass is 426 g/mol. The van der Waals surface area contributed by atoms with Crippen LogP contribution in [0.25, 0.3) is 0 Å². The van der Waals surface area contributed by atoms with Gasteiger partial charge in [-0.2, -0.15) is 10.2 Å². The Bertz CT molecular complexity index is 1210. The van der Waals surface area contributed by atoms with Crippen molar-refractivity contribution in [3.63, 3.8) is 0 Å². The molecule has 0 unspecified atom stereocenters. The molecule has 0 radical (unpaired) electrons. The molecule has 0 aliphatic carbocycles. The van der Waals surface area contributed by atoms with Crippen LogP contribution in [0.15, 0.2) is 75.9 Å². The molecule has 0 saturated heterocycles. The van der Waals surface area contributed by atoms with Crippen molar-refractivity contribution < 1.29 is 23.4 Å². The molecule has 3 N–H and O–H groups in total. The highest BCUT2D eigenvalue weighted by atomic mass is 32.2. The Morgan fingerprint density at radius 3 is 2.40 bits per heavy atom. The van der Waals surface area contributed by atoms with Gasteiger partial charge in [-0.05, 0) is 60.5 Å². The number of azo groups is 1. The molecule has 154 valence electrons. The molecule has 3 aromatic rings. The van der Waals surface area contributed by atoms with Gasteiger partial charge in [0.2, 0.25) is 0 Å². The third kappa shape index (κ3) is 4.78. The maximum Gasteiger partial charge on any atom is 0.339 e. The van der Waals surface area contributed by atoms with E-state index >= 15 is 0 Å². The fraction of sp³-hybridized carbons (Fsp3) is 0.100. The van der Waals surface area contributed by atoms with Crippen molar-refractivity contribution in [2.75, 3.05) is 4.72 Å². The zero-order chi connectivity index (χ0) is 21.7. The number of sulfonamides is 1. The van der Waals surface area contributed by atoms with Crippen LogP contribution >= 0.6 is 0 Å². The number of carboxylic acid groups (broad SMARTS) is 1. The molecule has 0 spiro atoms. The smallest absolute Gasteiger partial charge is 0.339 e. The van der Waals surface area contributed by atoms with Gasteiger partial charge in [0, 0.05) is 6.20 Å². The van der Waals surface area contributed by atoms with E-state index in [-0.39, 0.29) is 27.7 Å². The average molecular weight is 426 g/mol. The number of aromatic carboxylic acids is 1. The van der Waals surface area contributed by atoms with Crippen LogP contribution < -0.4 is 4.72 Å². The Kier molecular flexibility index (Phi) is 6.07. The number of hydrogen-bond acceptors (Lipinski definition) is 7. The first-order valence-corrected chi connectivity index (χ1v) is 10.3. The summed E-state index contributed by atoms with van der Waals surface area (Å²) >= 11 is 0. The molecular weight excluding hydrogens is 408 g/mol. The molecule has 0 amide bonds. The van der Waals surface area contributed by atoms with Gasteiger partial charge in [-0.1, -0.05) is 13.0 Å². The molecule has 3 rings (SSSR count). The summed E-state index contributed by atoms with van der Waals surface area (Å²) < 4.78 is 27.7. The second-order valence-electron chi connectivity index (χ2n) is 6.17. The lowest BCUT2D eigenvalue weighted by molar-refractivity contribution is 0.0693. The number of rotatable bonds is 7. The Labute approximate surface area is 172 Å². The Balaban J connectivity index is 1.78. The number of nitrogens with zero attached hydrogens (tertiary/aromatic N) is 3. The molecule has 9 nitrogen and oxygen atoms in total. The van der Waals surface area contributed by atoms with Crippen molar-refractivity contribution in [1.82, 2.24) is 4.98 Å². The predicted molar refractivity (Wildman–Crippen MR) is 110 cm³/mol. The number of pyridine rings is 1. The predicted octanol–water partition coefficient (Wildman–Crippen LogP) is 4.26. The first-order valence-electron chi connectivity index (χ1n) is 8.85. The fourth-order valence-electron chi connectivity index (χ4n) is 2.57. The molecule has 0 atom stereocenters. The lowest BCUT2D eigenvalue weighted by atomic mass is 10.2. The van der Waals surface area contributed by atoms with E-state index < -0.39 is 16.0 Å². The van der Waals surface area contributed by atoms with Gasteiger partial charge in [0.05, 0.1) is 16.3 Å². The molecule has 1 aromatic heterocycles. The van der Waals surface area contributed by atoms with E-state index in [1.165, 1.54) is 48.7 Å². The Hall–Kier alpha value is -3.79. The zero-order valence-electron chi connectivity index (χ0n) is 15.8. The lowest BCUT2D eigenvalue weighted by Gasteiger charge is -2.10. The molecule has 1 heterocycles. The number of carboxylic acids is 1. The maximum atomic E-state index is 12.6. The molecule has 2 aromatic carbocycles. The standard InChI is InChI=1S/C20H18N4O5S/c1-2-13-4-3-11-21-19(13)24-30(28,29)16-8-5-14(6-9-16)22-23-15-7-10-18(25)17(12-15)20(26)27/h3-12,25H,2H2,1H3,(H,21,24)(H,26,27). The van der Waals surface area contributed by atoms with Crippen LogP contribution in [0.2, 0.25) is 0 Å². The summed E-state index contributed by atoms with van der Waals surface area (Å²) in [6, 6.07) is 13.0. The summed E-state index contributed by atoms with van der Waals surface area (Å²) in [5, 5.41) is 26.4. The highest BCUT2D eigenvalue weighted by Crippen LogP contribution is 2.26. The number of carbonyl (C=O) groups is 1. The van der Waals surface area contributed by atoms with Gasteiger partial charge < -0.3 is 10.2 Å². The normalized spacial score (nSPS) is 11.5. The van der Waals surface area contributed by atoms with Crippen molar-refractivity contribution in [1.29, 1.82) is 0 Å². The Morgan fingerprint density at radius 2 is 1.73 bits per heavy atom. The number of hydrogen-bond donors (Lipinski definition) is 3. The molecule has 30 heavy (non-hydrogen) atoms. The first kappa shape index (κ1) is 20.9. The second kappa shape index (κ2) is 8.70. The van der Waals surface area contributed by atoms with Gasteiger partial charge in [0.1, 0.15) is 17.1 Å². The first-order chi connectivity index (χ1) is 14.3. The Morgan fingerprint density at radius 1 is 1.07 bits per heavy atom. The largest absolute Gasteiger partial charge is 0.507 e. The van der Waals surface area contributed by atoms with Crippen LogP contribution in [-0.2, 0) is 16.4 Å². The van der Waals surface area contributed by atoms with Crippen molar-refractivity contribution in [2.45, 2.75) is 18.2 Å². The summed E-state index contributed by atoms with van der Waals surface area (Å²) in [7, 11) is -3.83. The van der Waals surface area contributed by atoms with E-state index in [0.717, 1.165) is 5.56 Å². The number of anilines is 1. The van der Waals surface area contributed by atoms with E-state index in [9.17, 15) is 18.3 Å². The summed E-state index contributed by atoms with van der Waals surface area (Å²) in [6.45, 7) is 1.90. The third-order valence-corrected chi connectivity index (χ3v) is 5.50. The summed E-state index contributed by atoms with van der Waals surface area (Å²) in [6.07, 6.45) is 2.14. The van der Waals surface area contributed by atoms with E-state index in [0.29, 0.717) is 12.1 Å². The van der Waals surface area contributed by atoms with Gasteiger partial charge in [-0.25, -0.2) is 18.2 Å². The summed E-state index contributed by atoms with van der Waals surface area (Å²) in [4.78, 5) is 15.2. The minimum atomic E-state index is -3.83. The SMILES string of the molecule is CCc1cccnc1NS(=O)(=O)c1ccc(N=Nc2ccc(O)c(C(=O)O)c2)cc1. The highest BCUT2D eigenvalue weighted by Gasteiger charge is 2.16. The topological polar surface area (TPSA) is 141 Å². The van der Waals surface area contributed by atoms with E-state index in [1.54, 1.807) is 12.1 Å². The minimum absolute atomic E-state index is 0.0342. The molecule has 0 saturated carbocycles. The van der Waals surface area contributed by atoms with Gasteiger partial charge >= 0.3 is 5.97 Å². The molecule has 10 heteroatoms. The number of phenols is 1. The van der Waals surface area contributed by atoms with Gasteiger partial charge in [-0.3, -0.25) is 4.72 Å². The number of aryl methyl sites for hydroxylation is 1. The van der Waals surface area contributed by atoms with E-state index in [2.05, 4.69) is 19.9 Å². The average Bonchev–Trinajstić information content (AvgIpc) is 2.73. The van der Waals surface area contributed by atoms with E-state index in [4.69, 9.17) is 5.11 Å². The highest BCUT2D eigenvalue weighted by molar-refractivity contribution is 7.92. The number of aromatic nitrogens is 1. The molecule has 0 aliphatic heterocycles. The van der Waals surface area contributed by atoms with Crippen molar-refractivity contribution in [3.8, 4) is 5.75 Å². The second-order valence-corrected chi connectivity index (χ2v) is 7.85. The van der Waals surface area contributed by atoms with Gasteiger partial charge in [0.25, 0.3) is 10.0 Å². The molecular formula is C20H18N4O5S. The molecule has 0 fully saturated rings. The number of benzene rings is 2. The van der Waals surface area contributed by atoms with Gasteiger partial charge in [0.15, 0.2) is 0 Å². The van der Waals surface area contributed by atoms with Crippen LogP contribution in [0, 0.1) is 0 Å². The van der Waals surface area contributed by atoms with Crippen LogP contribution in [0.1, 0.15) is 22.8 Å². The van der Waals surface area contributed by atoms with Crippen LogP contribution in [0.3, 0.4) is 0 Å².